The third-order valence-electron chi connectivity index (χ3n) is 4.12. The van der Waals surface area contributed by atoms with Gasteiger partial charge in [-0.05, 0) is 36.1 Å². The first-order valence-corrected chi connectivity index (χ1v) is 10.8. The molecule has 0 aliphatic heterocycles. The molecule has 0 saturated heterocycles. The average molecular weight is 444 g/mol. The third kappa shape index (κ3) is 7.30. The van der Waals surface area contributed by atoms with Crippen LogP contribution in [0.4, 0.5) is 19.0 Å². The molecule has 2 aromatic rings. The van der Waals surface area contributed by atoms with Crippen molar-refractivity contribution >= 4 is 21.7 Å². The predicted molar refractivity (Wildman–Crippen MR) is 107 cm³/mol. The normalized spacial score (nSPS) is 13.1. The lowest BCUT2D eigenvalue weighted by Crippen LogP contribution is -2.48. The molecule has 4 N–H and O–H groups in total. The minimum atomic E-state index is -4.54. The van der Waals surface area contributed by atoms with Gasteiger partial charge in [-0.15, -0.1) is 0 Å². The number of pyridine rings is 1. The van der Waals surface area contributed by atoms with Gasteiger partial charge < -0.3 is 11.1 Å². The number of hydrogen-bond acceptors (Lipinski definition) is 5. The fourth-order valence-electron chi connectivity index (χ4n) is 2.70. The highest BCUT2D eigenvalue weighted by molar-refractivity contribution is 7.89. The van der Waals surface area contributed by atoms with Gasteiger partial charge >= 0.3 is 6.18 Å². The van der Waals surface area contributed by atoms with Crippen molar-refractivity contribution in [2.45, 2.75) is 38.5 Å². The predicted octanol–water partition coefficient (Wildman–Crippen LogP) is 2.24. The summed E-state index contributed by atoms with van der Waals surface area (Å²) in [7, 11) is -3.79. The Hall–Kier alpha value is -2.66. The van der Waals surface area contributed by atoms with Crippen LogP contribution in [0, 0.1) is 0 Å². The van der Waals surface area contributed by atoms with Crippen LogP contribution < -0.4 is 15.8 Å². The lowest BCUT2D eigenvalue weighted by Gasteiger charge is -2.19. The van der Waals surface area contributed by atoms with Crippen LogP contribution in [0.25, 0.3) is 0 Å². The van der Waals surface area contributed by atoms with Crippen LogP contribution in [0.1, 0.15) is 30.0 Å². The summed E-state index contributed by atoms with van der Waals surface area (Å²) >= 11 is 0. The highest BCUT2D eigenvalue weighted by atomic mass is 32.2. The molecular weight excluding hydrogens is 421 g/mol. The molecule has 1 amide bonds. The number of rotatable bonds is 9. The Kier molecular flexibility index (Phi) is 7.79. The summed E-state index contributed by atoms with van der Waals surface area (Å²) in [5.74, 6) is -0.565. The number of amides is 1. The largest absolute Gasteiger partial charge is 0.416 e. The molecule has 0 radical (unpaired) electrons. The van der Waals surface area contributed by atoms with Gasteiger partial charge in [0.2, 0.25) is 15.9 Å². The molecule has 1 aromatic heterocycles. The maximum absolute atomic E-state index is 13.0. The number of nitrogens with two attached hydrogens (primary N) is 1. The van der Waals surface area contributed by atoms with Crippen molar-refractivity contribution in [2.24, 2.45) is 0 Å². The summed E-state index contributed by atoms with van der Waals surface area (Å²) in [5.41, 5.74) is 5.44. The van der Waals surface area contributed by atoms with Crippen molar-refractivity contribution in [3.63, 3.8) is 0 Å². The zero-order valence-corrected chi connectivity index (χ0v) is 17.1. The first-order chi connectivity index (χ1) is 14.0. The summed E-state index contributed by atoms with van der Waals surface area (Å²) in [4.78, 5) is 16.5. The highest BCUT2D eigenvalue weighted by Gasteiger charge is 2.31. The van der Waals surface area contributed by atoms with Gasteiger partial charge in [-0.3, -0.25) is 4.79 Å². The minimum absolute atomic E-state index is 0.0563. The number of nitrogens with one attached hydrogen (secondary N) is 2. The van der Waals surface area contributed by atoms with E-state index in [1.165, 1.54) is 18.3 Å². The minimum Gasteiger partial charge on any atom is -0.384 e. The maximum Gasteiger partial charge on any atom is 0.416 e. The Labute approximate surface area is 172 Å². The fourth-order valence-corrected chi connectivity index (χ4v) is 3.97. The molecule has 0 unspecified atom stereocenters. The number of carbonyl (C=O) groups excluding carboxylic acids is 1. The van der Waals surface area contributed by atoms with E-state index >= 15 is 0 Å². The Morgan fingerprint density at radius 1 is 1.20 bits per heavy atom. The van der Waals surface area contributed by atoms with E-state index in [0.29, 0.717) is 17.8 Å². The average Bonchev–Trinajstić information content (AvgIpc) is 2.66. The van der Waals surface area contributed by atoms with Gasteiger partial charge in [0, 0.05) is 12.7 Å². The Balaban J connectivity index is 2.19. The molecule has 0 aliphatic rings. The zero-order valence-electron chi connectivity index (χ0n) is 16.2. The molecule has 11 heteroatoms. The van der Waals surface area contributed by atoms with E-state index in [4.69, 9.17) is 5.73 Å². The number of halogens is 3. The van der Waals surface area contributed by atoms with E-state index in [-0.39, 0.29) is 24.3 Å². The molecule has 1 aromatic carbocycles. The second-order valence-corrected chi connectivity index (χ2v) is 8.57. The number of carbonyl (C=O) groups is 1. The third-order valence-corrected chi connectivity index (χ3v) is 5.71. The van der Waals surface area contributed by atoms with Crippen molar-refractivity contribution in [3.05, 3.63) is 59.3 Å². The summed E-state index contributed by atoms with van der Waals surface area (Å²) in [6, 6.07) is 6.36. The van der Waals surface area contributed by atoms with Crippen molar-refractivity contribution in [1.82, 2.24) is 15.0 Å². The number of nitrogens with zero attached hydrogens (tertiary/aromatic N) is 1. The molecule has 2 rings (SSSR count). The highest BCUT2D eigenvalue weighted by Crippen LogP contribution is 2.29. The van der Waals surface area contributed by atoms with Crippen LogP contribution in [-0.4, -0.2) is 31.1 Å². The van der Waals surface area contributed by atoms with E-state index in [9.17, 15) is 26.4 Å². The molecule has 0 fully saturated rings. The van der Waals surface area contributed by atoms with Gasteiger partial charge in [-0.1, -0.05) is 31.2 Å². The molecule has 30 heavy (non-hydrogen) atoms. The number of alkyl halides is 3. The number of anilines is 1. The lowest BCUT2D eigenvalue weighted by molar-refractivity contribution is -0.137. The van der Waals surface area contributed by atoms with Crippen LogP contribution in [0.15, 0.2) is 42.6 Å². The van der Waals surface area contributed by atoms with Crippen LogP contribution in [0.2, 0.25) is 0 Å². The van der Waals surface area contributed by atoms with Crippen LogP contribution >= 0.6 is 0 Å². The van der Waals surface area contributed by atoms with Crippen LogP contribution in [0.5, 0.6) is 0 Å². The summed E-state index contributed by atoms with van der Waals surface area (Å²) in [6.45, 7) is 1.72. The molecular formula is C19H23F3N4O3S. The summed E-state index contributed by atoms with van der Waals surface area (Å²) in [5, 5.41) is 2.58. The Morgan fingerprint density at radius 3 is 2.53 bits per heavy atom. The second kappa shape index (κ2) is 9.90. The van der Waals surface area contributed by atoms with Gasteiger partial charge in [0.25, 0.3) is 0 Å². The topological polar surface area (TPSA) is 114 Å². The van der Waals surface area contributed by atoms with E-state index in [1.807, 2.05) is 0 Å². The summed E-state index contributed by atoms with van der Waals surface area (Å²) in [6.07, 6.45) is -3.00. The van der Waals surface area contributed by atoms with E-state index < -0.39 is 33.7 Å². The molecule has 164 valence electrons. The van der Waals surface area contributed by atoms with E-state index in [0.717, 1.165) is 12.1 Å². The van der Waals surface area contributed by atoms with Gasteiger partial charge in [0.15, 0.2) is 0 Å². The molecule has 7 nitrogen and oxygen atoms in total. The van der Waals surface area contributed by atoms with Crippen molar-refractivity contribution < 1.29 is 26.4 Å². The van der Waals surface area contributed by atoms with Gasteiger partial charge in [-0.2, -0.15) is 13.2 Å². The van der Waals surface area contributed by atoms with Crippen molar-refractivity contribution in [1.29, 1.82) is 0 Å². The number of sulfonamides is 1. The van der Waals surface area contributed by atoms with E-state index in [2.05, 4.69) is 15.0 Å². The number of benzene rings is 1. The zero-order chi connectivity index (χ0) is 22.4. The van der Waals surface area contributed by atoms with Gasteiger partial charge in [0.05, 0.1) is 11.3 Å². The fraction of sp³-hybridized carbons (Fsp3) is 0.368. The lowest BCUT2D eigenvalue weighted by atomic mass is 10.0. The van der Waals surface area contributed by atoms with Crippen LogP contribution in [-0.2, 0) is 34.0 Å². The molecule has 1 atom stereocenters. The second-order valence-electron chi connectivity index (χ2n) is 6.70. The molecule has 1 heterocycles. The Morgan fingerprint density at radius 2 is 1.93 bits per heavy atom. The maximum atomic E-state index is 13.0. The first-order valence-electron chi connectivity index (χ1n) is 9.14. The Bertz CT molecular complexity index is 964. The van der Waals surface area contributed by atoms with E-state index in [1.54, 1.807) is 19.1 Å². The first kappa shape index (κ1) is 23.6. The van der Waals surface area contributed by atoms with Crippen molar-refractivity contribution in [3.8, 4) is 0 Å². The molecule has 0 aliphatic carbocycles. The number of aromatic nitrogens is 1. The smallest absolute Gasteiger partial charge is 0.384 e. The number of hydrogen-bond donors (Lipinski definition) is 3. The standard InChI is InChI=1S/C19H23F3N4O3S/c1-2-8-30(28,29)26-16(10-13-4-3-5-15(9-13)19(20,21)22)18(27)25-12-14-6-7-17(23)24-11-14/h3-7,9,11,16,26H,2,8,10,12H2,1H3,(H2,23,24)(H,25,27)/t16-/m0/s1. The van der Waals surface area contributed by atoms with Gasteiger partial charge in [-0.25, -0.2) is 18.1 Å². The number of nitrogen functional groups attached to an aromatic ring is 1. The molecule has 0 bridgehead atoms. The monoisotopic (exact) mass is 444 g/mol. The molecule has 0 spiro atoms. The SMILES string of the molecule is CCCS(=O)(=O)N[C@@H](Cc1cccc(C(F)(F)F)c1)C(=O)NCc1ccc(N)nc1. The summed E-state index contributed by atoms with van der Waals surface area (Å²) < 4.78 is 65.5. The quantitative estimate of drug-likeness (QED) is 0.549. The van der Waals surface area contributed by atoms with Crippen molar-refractivity contribution in [2.75, 3.05) is 11.5 Å². The molecule has 0 saturated carbocycles. The van der Waals surface area contributed by atoms with Crippen LogP contribution in [0.3, 0.4) is 0 Å². The van der Waals surface area contributed by atoms with Gasteiger partial charge in [0.1, 0.15) is 11.9 Å².